The van der Waals surface area contributed by atoms with Gasteiger partial charge in [-0.05, 0) is 41.7 Å². The van der Waals surface area contributed by atoms with Gasteiger partial charge < -0.3 is 15.2 Å². The van der Waals surface area contributed by atoms with Gasteiger partial charge in [-0.3, -0.25) is 9.78 Å². The van der Waals surface area contributed by atoms with Crippen LogP contribution in [0.2, 0.25) is 0 Å². The molecule has 1 amide bonds. The minimum Gasteiger partial charge on any atom is -0.462 e. The number of aromatic nitrogens is 1. The number of carbonyl (C=O) groups is 1. The average Bonchev–Trinajstić information content (AvgIpc) is 2.80. The number of primary amides is 1. The Morgan fingerprint density at radius 2 is 1.80 bits per heavy atom. The lowest BCUT2D eigenvalue weighted by molar-refractivity contribution is -0.106. The number of nitrogens with zero attached hydrogens (tertiary/aromatic N) is 1. The summed E-state index contributed by atoms with van der Waals surface area (Å²) in [6.45, 7) is 0.661. The highest BCUT2D eigenvalue weighted by Gasteiger charge is 2.19. The normalized spacial score (nSPS) is 16.5. The fraction of sp³-hybridized carbons (Fsp3) is 0.200. The van der Waals surface area contributed by atoms with Crippen LogP contribution in [0.3, 0.4) is 0 Å². The standard InChI is InChI=1S/C25H24N2O3/c26-25(28)22-16-21(27-17-23(22)30-24-8-4-5-15-29-24)14-11-18-9-12-20(13-10-18)19-6-2-1-3-7-19/h1-3,6-7,9-14,16-17,24H,4-5,8,15H2,(H2,26,28). The van der Waals surface area contributed by atoms with Gasteiger partial charge in [0.2, 0.25) is 0 Å². The van der Waals surface area contributed by atoms with Gasteiger partial charge in [-0.2, -0.15) is 0 Å². The van der Waals surface area contributed by atoms with Crippen molar-refractivity contribution in [1.82, 2.24) is 4.98 Å². The summed E-state index contributed by atoms with van der Waals surface area (Å²) >= 11 is 0. The molecule has 1 atom stereocenters. The van der Waals surface area contributed by atoms with Crippen molar-refractivity contribution in [1.29, 1.82) is 0 Å². The van der Waals surface area contributed by atoms with Crippen LogP contribution >= 0.6 is 0 Å². The molecule has 0 saturated carbocycles. The summed E-state index contributed by atoms with van der Waals surface area (Å²) < 4.78 is 11.4. The molecule has 2 aromatic carbocycles. The van der Waals surface area contributed by atoms with Gasteiger partial charge in [0.25, 0.3) is 5.91 Å². The number of hydrogen-bond donors (Lipinski definition) is 1. The highest BCUT2D eigenvalue weighted by atomic mass is 16.7. The first-order valence-electron chi connectivity index (χ1n) is 10.1. The van der Waals surface area contributed by atoms with Crippen molar-refractivity contribution in [3.8, 4) is 16.9 Å². The summed E-state index contributed by atoms with van der Waals surface area (Å²) in [5, 5.41) is 0. The smallest absolute Gasteiger partial charge is 0.252 e. The molecule has 1 aromatic heterocycles. The number of pyridine rings is 1. The summed E-state index contributed by atoms with van der Waals surface area (Å²) in [6, 6.07) is 20.1. The van der Waals surface area contributed by atoms with E-state index in [0.29, 0.717) is 23.6 Å². The van der Waals surface area contributed by atoms with E-state index in [1.165, 1.54) is 11.8 Å². The Morgan fingerprint density at radius 3 is 2.50 bits per heavy atom. The zero-order chi connectivity index (χ0) is 20.8. The zero-order valence-corrected chi connectivity index (χ0v) is 16.7. The van der Waals surface area contributed by atoms with Crippen LogP contribution in [0.4, 0.5) is 0 Å². The number of benzene rings is 2. The van der Waals surface area contributed by atoms with Gasteiger partial charge in [0.05, 0.1) is 24.1 Å². The first kappa shape index (κ1) is 19.9. The van der Waals surface area contributed by atoms with Gasteiger partial charge in [-0.15, -0.1) is 0 Å². The second-order valence-corrected chi connectivity index (χ2v) is 7.20. The second kappa shape index (κ2) is 9.37. The van der Waals surface area contributed by atoms with Crippen molar-refractivity contribution >= 4 is 18.1 Å². The highest BCUT2D eigenvalue weighted by Crippen LogP contribution is 2.24. The third-order valence-electron chi connectivity index (χ3n) is 5.01. The lowest BCUT2D eigenvalue weighted by Gasteiger charge is -2.24. The molecule has 0 aliphatic carbocycles. The number of carbonyl (C=O) groups excluding carboxylic acids is 1. The van der Waals surface area contributed by atoms with E-state index in [1.807, 2.05) is 42.5 Å². The fourth-order valence-corrected chi connectivity index (χ4v) is 3.38. The molecule has 1 unspecified atom stereocenters. The van der Waals surface area contributed by atoms with Gasteiger partial charge in [-0.25, -0.2) is 0 Å². The van der Waals surface area contributed by atoms with Gasteiger partial charge in [0, 0.05) is 6.42 Å². The molecule has 1 saturated heterocycles. The topological polar surface area (TPSA) is 74.4 Å². The minimum atomic E-state index is -0.551. The first-order chi connectivity index (χ1) is 14.7. The van der Waals surface area contributed by atoms with Gasteiger partial charge >= 0.3 is 0 Å². The number of hydrogen-bond acceptors (Lipinski definition) is 4. The lowest BCUT2D eigenvalue weighted by Crippen LogP contribution is -2.26. The van der Waals surface area contributed by atoms with Crippen LogP contribution in [0.25, 0.3) is 23.3 Å². The molecule has 0 radical (unpaired) electrons. The highest BCUT2D eigenvalue weighted by molar-refractivity contribution is 5.96. The molecule has 3 aromatic rings. The molecule has 4 rings (SSSR count). The van der Waals surface area contributed by atoms with Crippen molar-refractivity contribution in [2.45, 2.75) is 25.6 Å². The predicted octanol–water partition coefficient (Wildman–Crippen LogP) is 4.92. The SMILES string of the molecule is NC(=O)c1cc(C=Cc2ccc(-c3ccccc3)cc2)ncc1OC1CCCCO1. The summed E-state index contributed by atoms with van der Waals surface area (Å²) in [5.41, 5.74) is 9.87. The molecule has 2 N–H and O–H groups in total. The fourth-order valence-electron chi connectivity index (χ4n) is 3.38. The van der Waals surface area contributed by atoms with E-state index in [2.05, 4.69) is 29.2 Å². The monoisotopic (exact) mass is 400 g/mol. The maximum Gasteiger partial charge on any atom is 0.252 e. The van der Waals surface area contributed by atoms with Crippen LogP contribution in [-0.2, 0) is 4.74 Å². The van der Waals surface area contributed by atoms with E-state index < -0.39 is 5.91 Å². The Hall–Kier alpha value is -3.44. The van der Waals surface area contributed by atoms with E-state index in [1.54, 1.807) is 6.07 Å². The summed E-state index contributed by atoms with van der Waals surface area (Å²) in [7, 11) is 0. The molecule has 5 nitrogen and oxygen atoms in total. The summed E-state index contributed by atoms with van der Waals surface area (Å²) in [4.78, 5) is 16.3. The average molecular weight is 400 g/mol. The third kappa shape index (κ3) is 4.93. The van der Waals surface area contributed by atoms with E-state index in [4.69, 9.17) is 15.2 Å². The minimum absolute atomic E-state index is 0.304. The Bertz CT molecular complexity index is 1020. The van der Waals surface area contributed by atoms with E-state index in [-0.39, 0.29) is 6.29 Å². The second-order valence-electron chi connectivity index (χ2n) is 7.20. The quantitative estimate of drug-likeness (QED) is 0.637. The Labute approximate surface area is 176 Å². The Balaban J connectivity index is 1.49. The van der Waals surface area contributed by atoms with Crippen molar-refractivity contribution in [3.05, 3.63) is 83.7 Å². The maximum atomic E-state index is 11.9. The molecule has 0 spiro atoms. The van der Waals surface area contributed by atoms with Gasteiger partial charge in [0.1, 0.15) is 0 Å². The van der Waals surface area contributed by atoms with Crippen molar-refractivity contribution in [3.63, 3.8) is 0 Å². The van der Waals surface area contributed by atoms with Gasteiger partial charge in [-0.1, -0.05) is 60.7 Å². The van der Waals surface area contributed by atoms with Crippen LogP contribution in [0.1, 0.15) is 40.9 Å². The van der Waals surface area contributed by atoms with E-state index in [0.717, 1.165) is 30.4 Å². The van der Waals surface area contributed by atoms with Gasteiger partial charge in [0.15, 0.2) is 12.0 Å². The molecule has 1 fully saturated rings. The third-order valence-corrected chi connectivity index (χ3v) is 5.01. The van der Waals surface area contributed by atoms with Crippen LogP contribution in [-0.4, -0.2) is 23.8 Å². The number of ether oxygens (including phenoxy) is 2. The van der Waals surface area contributed by atoms with E-state index in [9.17, 15) is 4.79 Å². The number of amides is 1. The molecular formula is C25H24N2O3. The lowest BCUT2D eigenvalue weighted by atomic mass is 10.0. The van der Waals surface area contributed by atoms with Crippen molar-refractivity contribution in [2.75, 3.05) is 6.61 Å². The molecule has 152 valence electrons. The number of nitrogens with two attached hydrogens (primary N) is 1. The maximum absolute atomic E-state index is 11.9. The predicted molar refractivity (Wildman–Crippen MR) is 118 cm³/mol. The van der Waals surface area contributed by atoms with Crippen LogP contribution in [0.15, 0.2) is 66.9 Å². The van der Waals surface area contributed by atoms with Crippen LogP contribution in [0.5, 0.6) is 5.75 Å². The summed E-state index contributed by atoms with van der Waals surface area (Å²) in [6.07, 6.45) is 7.83. The van der Waals surface area contributed by atoms with Crippen LogP contribution in [0, 0.1) is 0 Å². The van der Waals surface area contributed by atoms with Crippen molar-refractivity contribution < 1.29 is 14.3 Å². The van der Waals surface area contributed by atoms with Crippen molar-refractivity contribution in [2.24, 2.45) is 5.73 Å². The Morgan fingerprint density at radius 1 is 1.03 bits per heavy atom. The zero-order valence-electron chi connectivity index (χ0n) is 16.7. The molecule has 1 aliphatic heterocycles. The Kier molecular flexibility index (Phi) is 6.20. The number of rotatable bonds is 6. The molecular weight excluding hydrogens is 376 g/mol. The molecule has 1 aliphatic rings. The van der Waals surface area contributed by atoms with Crippen LogP contribution < -0.4 is 10.5 Å². The molecule has 30 heavy (non-hydrogen) atoms. The molecule has 2 heterocycles. The molecule has 5 heteroatoms. The van der Waals surface area contributed by atoms with E-state index >= 15 is 0 Å². The molecule has 0 bridgehead atoms. The largest absolute Gasteiger partial charge is 0.462 e. The first-order valence-corrected chi connectivity index (χ1v) is 10.1. The summed E-state index contributed by atoms with van der Waals surface area (Å²) in [5.74, 6) is -0.191.